The topological polar surface area (TPSA) is 77.1 Å². The van der Waals surface area contributed by atoms with Crippen LogP contribution in [0.15, 0.2) is 41.6 Å². The number of hydrogen-bond acceptors (Lipinski definition) is 5. The Labute approximate surface area is 114 Å². The number of nitrogens with one attached hydrogen (secondary N) is 1. The summed E-state index contributed by atoms with van der Waals surface area (Å²) in [6, 6.07) is 5.43. The van der Waals surface area contributed by atoms with Gasteiger partial charge in [-0.3, -0.25) is 9.38 Å². The largest absolute Gasteiger partial charge is 0.369 e. The van der Waals surface area contributed by atoms with Crippen LogP contribution in [0.2, 0.25) is 0 Å². The Morgan fingerprint density at radius 1 is 1.25 bits per heavy atom. The van der Waals surface area contributed by atoms with Gasteiger partial charge in [0.25, 0.3) is 0 Å². The van der Waals surface area contributed by atoms with Crippen LogP contribution in [0.3, 0.4) is 0 Å². The van der Waals surface area contributed by atoms with Crippen LogP contribution in [0.25, 0.3) is 5.65 Å². The molecule has 1 N–H and O–H groups in total. The first kappa shape index (κ1) is 12.3. The molecule has 0 aromatic carbocycles. The van der Waals surface area contributed by atoms with Crippen molar-refractivity contribution in [2.75, 3.05) is 11.9 Å². The highest BCUT2D eigenvalue weighted by atomic mass is 16.2. The molecule has 0 bridgehead atoms. The van der Waals surface area contributed by atoms with E-state index in [2.05, 4.69) is 20.4 Å². The maximum absolute atomic E-state index is 12.1. The van der Waals surface area contributed by atoms with Crippen molar-refractivity contribution in [3.8, 4) is 0 Å². The lowest BCUT2D eigenvalue weighted by Gasteiger charge is -2.02. The predicted molar refractivity (Wildman–Crippen MR) is 74.7 cm³/mol. The highest BCUT2D eigenvalue weighted by Gasteiger charge is 2.07. The Morgan fingerprint density at radius 3 is 2.85 bits per heavy atom. The molecule has 0 saturated heterocycles. The van der Waals surface area contributed by atoms with E-state index in [0.29, 0.717) is 17.9 Å². The zero-order valence-electron chi connectivity index (χ0n) is 11.0. The molecule has 0 radical (unpaired) electrons. The van der Waals surface area contributed by atoms with Crippen molar-refractivity contribution in [2.45, 2.75) is 13.5 Å². The SMILES string of the molecule is CCNc1cnc(Cn2nc3ccccn3c2=O)cn1. The van der Waals surface area contributed by atoms with Gasteiger partial charge in [-0.05, 0) is 19.1 Å². The maximum Gasteiger partial charge on any atom is 0.350 e. The molecule has 0 aliphatic heterocycles. The van der Waals surface area contributed by atoms with Gasteiger partial charge < -0.3 is 5.32 Å². The van der Waals surface area contributed by atoms with Gasteiger partial charge in [0.05, 0.1) is 24.6 Å². The summed E-state index contributed by atoms with van der Waals surface area (Å²) in [5, 5.41) is 7.32. The minimum absolute atomic E-state index is 0.182. The Balaban J connectivity index is 1.89. The zero-order valence-corrected chi connectivity index (χ0v) is 11.0. The van der Waals surface area contributed by atoms with E-state index in [4.69, 9.17) is 0 Å². The highest BCUT2D eigenvalue weighted by molar-refractivity contribution is 5.35. The van der Waals surface area contributed by atoms with E-state index in [1.165, 1.54) is 9.08 Å². The van der Waals surface area contributed by atoms with Gasteiger partial charge in [0.1, 0.15) is 5.82 Å². The van der Waals surface area contributed by atoms with Crippen molar-refractivity contribution in [3.05, 3.63) is 53.0 Å². The van der Waals surface area contributed by atoms with E-state index in [9.17, 15) is 4.79 Å². The summed E-state index contributed by atoms with van der Waals surface area (Å²) in [5.41, 5.74) is 1.13. The van der Waals surface area contributed by atoms with Gasteiger partial charge in [-0.15, -0.1) is 5.10 Å². The summed E-state index contributed by atoms with van der Waals surface area (Å²) in [4.78, 5) is 20.6. The lowest BCUT2D eigenvalue weighted by molar-refractivity contribution is 0.644. The monoisotopic (exact) mass is 270 g/mol. The van der Waals surface area contributed by atoms with E-state index in [1.54, 1.807) is 30.7 Å². The molecule has 0 aliphatic carbocycles. The molecule has 0 atom stereocenters. The second-order valence-electron chi connectivity index (χ2n) is 4.29. The summed E-state index contributed by atoms with van der Waals surface area (Å²) in [5.74, 6) is 0.721. The first-order valence-electron chi connectivity index (χ1n) is 6.37. The number of anilines is 1. The van der Waals surface area contributed by atoms with E-state index in [0.717, 1.165) is 12.4 Å². The average Bonchev–Trinajstić information content (AvgIpc) is 2.79. The third-order valence-electron chi connectivity index (χ3n) is 2.86. The fourth-order valence-corrected chi connectivity index (χ4v) is 1.93. The third-order valence-corrected chi connectivity index (χ3v) is 2.86. The molecule has 3 aromatic rings. The molecule has 0 aliphatic rings. The fourth-order valence-electron chi connectivity index (χ4n) is 1.93. The van der Waals surface area contributed by atoms with Crippen LogP contribution in [-0.2, 0) is 6.54 Å². The van der Waals surface area contributed by atoms with Gasteiger partial charge in [-0.25, -0.2) is 14.5 Å². The molecule has 7 heteroatoms. The van der Waals surface area contributed by atoms with Gasteiger partial charge in [0.15, 0.2) is 5.65 Å². The van der Waals surface area contributed by atoms with Crippen molar-refractivity contribution in [1.82, 2.24) is 24.1 Å². The molecule has 0 amide bonds. The molecular formula is C13H14N6O. The van der Waals surface area contributed by atoms with Crippen LogP contribution in [0.1, 0.15) is 12.6 Å². The van der Waals surface area contributed by atoms with Gasteiger partial charge in [0.2, 0.25) is 0 Å². The normalized spacial score (nSPS) is 10.8. The van der Waals surface area contributed by atoms with E-state index < -0.39 is 0 Å². The van der Waals surface area contributed by atoms with Gasteiger partial charge in [-0.2, -0.15) is 0 Å². The van der Waals surface area contributed by atoms with E-state index >= 15 is 0 Å². The molecule has 3 aromatic heterocycles. The minimum atomic E-state index is -0.182. The highest BCUT2D eigenvalue weighted by Crippen LogP contribution is 2.02. The van der Waals surface area contributed by atoms with Crippen LogP contribution in [0, 0.1) is 0 Å². The number of pyridine rings is 1. The van der Waals surface area contributed by atoms with Crippen LogP contribution in [-0.4, -0.2) is 30.7 Å². The number of nitrogens with zero attached hydrogens (tertiary/aromatic N) is 5. The summed E-state index contributed by atoms with van der Waals surface area (Å²) < 4.78 is 2.88. The number of rotatable bonds is 4. The average molecular weight is 270 g/mol. The number of hydrogen-bond donors (Lipinski definition) is 1. The van der Waals surface area contributed by atoms with Crippen LogP contribution < -0.4 is 11.0 Å². The van der Waals surface area contributed by atoms with E-state index in [-0.39, 0.29) is 5.69 Å². The van der Waals surface area contributed by atoms with Crippen LogP contribution in [0.4, 0.5) is 5.82 Å². The van der Waals surface area contributed by atoms with Crippen molar-refractivity contribution in [2.24, 2.45) is 0 Å². The van der Waals surface area contributed by atoms with E-state index in [1.807, 2.05) is 13.0 Å². The molecule has 102 valence electrons. The van der Waals surface area contributed by atoms with Crippen LogP contribution in [0.5, 0.6) is 0 Å². The van der Waals surface area contributed by atoms with Crippen molar-refractivity contribution < 1.29 is 0 Å². The molecule has 0 fully saturated rings. The Bertz CT molecular complexity index is 773. The van der Waals surface area contributed by atoms with Crippen LogP contribution >= 0.6 is 0 Å². The predicted octanol–water partition coefficient (Wildman–Crippen LogP) is 0.766. The molecule has 7 nitrogen and oxygen atoms in total. The fraction of sp³-hybridized carbons (Fsp3) is 0.231. The molecular weight excluding hydrogens is 256 g/mol. The lowest BCUT2D eigenvalue weighted by atomic mass is 10.4. The molecule has 0 unspecified atom stereocenters. The smallest absolute Gasteiger partial charge is 0.350 e. The summed E-state index contributed by atoms with van der Waals surface area (Å²) in [6.45, 7) is 3.09. The van der Waals surface area contributed by atoms with Gasteiger partial charge >= 0.3 is 5.69 Å². The second-order valence-corrected chi connectivity index (χ2v) is 4.29. The molecule has 20 heavy (non-hydrogen) atoms. The Hall–Kier alpha value is -2.70. The summed E-state index contributed by atoms with van der Waals surface area (Å²) >= 11 is 0. The quantitative estimate of drug-likeness (QED) is 0.757. The first-order valence-corrected chi connectivity index (χ1v) is 6.37. The van der Waals surface area contributed by atoms with Crippen molar-refractivity contribution in [1.29, 1.82) is 0 Å². The molecule has 3 heterocycles. The van der Waals surface area contributed by atoms with Crippen molar-refractivity contribution >= 4 is 11.5 Å². The third kappa shape index (κ3) is 2.25. The zero-order chi connectivity index (χ0) is 13.9. The Morgan fingerprint density at radius 2 is 2.15 bits per heavy atom. The Kier molecular flexibility index (Phi) is 3.16. The second kappa shape index (κ2) is 5.12. The summed E-state index contributed by atoms with van der Waals surface area (Å²) in [6.07, 6.45) is 5.00. The number of aromatic nitrogens is 5. The first-order chi connectivity index (χ1) is 9.78. The molecule has 0 spiro atoms. The maximum atomic E-state index is 12.1. The lowest BCUT2D eigenvalue weighted by Crippen LogP contribution is -2.22. The number of fused-ring (bicyclic) bond motifs is 1. The molecule has 0 saturated carbocycles. The minimum Gasteiger partial charge on any atom is -0.369 e. The van der Waals surface area contributed by atoms with Gasteiger partial charge in [-0.1, -0.05) is 6.07 Å². The summed E-state index contributed by atoms with van der Waals surface area (Å²) in [7, 11) is 0. The van der Waals surface area contributed by atoms with Gasteiger partial charge in [0, 0.05) is 12.7 Å². The molecule has 3 rings (SSSR count). The standard InChI is InChI=1S/C13H14N6O/c1-2-14-11-8-15-10(7-16-11)9-19-13(20)18-6-4-3-5-12(18)17-19/h3-8H,2,9H2,1H3,(H,14,16). The van der Waals surface area contributed by atoms with Crippen molar-refractivity contribution in [3.63, 3.8) is 0 Å².